The SMILES string of the molecule is Cc1[nH]nc(S(=O)(=O)N(C)CC2CCC2)c1CN. The number of sulfonamides is 1. The van der Waals surface area contributed by atoms with Crippen molar-refractivity contribution in [1.29, 1.82) is 0 Å². The Hall–Kier alpha value is -0.920. The van der Waals surface area contributed by atoms with Gasteiger partial charge in [-0.15, -0.1) is 0 Å². The number of H-pyrrole nitrogens is 1. The van der Waals surface area contributed by atoms with E-state index in [-0.39, 0.29) is 11.6 Å². The van der Waals surface area contributed by atoms with Gasteiger partial charge in [0.15, 0.2) is 5.03 Å². The summed E-state index contributed by atoms with van der Waals surface area (Å²) in [4.78, 5) is 0. The van der Waals surface area contributed by atoms with Crippen LogP contribution in [0.3, 0.4) is 0 Å². The van der Waals surface area contributed by atoms with Gasteiger partial charge >= 0.3 is 0 Å². The summed E-state index contributed by atoms with van der Waals surface area (Å²) in [5.74, 6) is 0.492. The number of hydrogen-bond donors (Lipinski definition) is 2. The van der Waals surface area contributed by atoms with Crippen LogP contribution in [-0.2, 0) is 16.6 Å². The molecular weight excluding hydrogens is 252 g/mol. The Balaban J connectivity index is 2.23. The minimum Gasteiger partial charge on any atom is -0.326 e. The molecule has 1 heterocycles. The lowest BCUT2D eigenvalue weighted by molar-refractivity contribution is 0.262. The Morgan fingerprint density at radius 1 is 1.50 bits per heavy atom. The summed E-state index contributed by atoms with van der Waals surface area (Å²) in [5.41, 5.74) is 6.88. The van der Waals surface area contributed by atoms with Crippen LogP contribution >= 0.6 is 0 Å². The third kappa shape index (κ3) is 2.30. The predicted octanol–water partition coefficient (Wildman–Crippen LogP) is 0.597. The molecule has 0 radical (unpaired) electrons. The molecule has 1 aliphatic carbocycles. The lowest BCUT2D eigenvalue weighted by Gasteiger charge is -2.29. The molecule has 6 nitrogen and oxygen atoms in total. The molecule has 0 aliphatic heterocycles. The molecule has 1 aromatic heterocycles. The van der Waals surface area contributed by atoms with Crippen molar-refractivity contribution >= 4 is 10.0 Å². The van der Waals surface area contributed by atoms with Crippen LogP contribution in [0, 0.1) is 12.8 Å². The smallest absolute Gasteiger partial charge is 0.262 e. The summed E-state index contributed by atoms with van der Waals surface area (Å²) in [5, 5.41) is 6.66. The molecule has 0 amide bonds. The lowest BCUT2D eigenvalue weighted by atomic mass is 9.86. The van der Waals surface area contributed by atoms with Gasteiger partial charge in [-0.05, 0) is 25.7 Å². The summed E-state index contributed by atoms with van der Waals surface area (Å²) in [6, 6.07) is 0. The first-order valence-corrected chi connectivity index (χ1v) is 7.61. The van der Waals surface area contributed by atoms with Gasteiger partial charge in [0.2, 0.25) is 0 Å². The van der Waals surface area contributed by atoms with E-state index in [1.54, 1.807) is 14.0 Å². The molecule has 0 spiro atoms. The molecule has 0 unspecified atom stereocenters. The summed E-state index contributed by atoms with van der Waals surface area (Å²) < 4.78 is 26.2. The number of aryl methyl sites for hydroxylation is 1. The van der Waals surface area contributed by atoms with Crippen LogP contribution in [0.4, 0.5) is 0 Å². The number of nitrogens with one attached hydrogen (secondary N) is 1. The maximum Gasteiger partial charge on any atom is 0.262 e. The summed E-state index contributed by atoms with van der Waals surface area (Å²) in [6.07, 6.45) is 3.43. The second-order valence-corrected chi connectivity index (χ2v) is 6.88. The van der Waals surface area contributed by atoms with Crippen molar-refractivity contribution in [3.8, 4) is 0 Å². The second-order valence-electron chi connectivity index (χ2n) is 4.92. The Labute approximate surface area is 108 Å². The van der Waals surface area contributed by atoms with Crippen molar-refractivity contribution in [2.45, 2.75) is 37.8 Å². The largest absolute Gasteiger partial charge is 0.326 e. The molecule has 0 saturated heterocycles. The minimum absolute atomic E-state index is 0.0734. The van der Waals surface area contributed by atoms with Gasteiger partial charge in [-0.2, -0.15) is 9.40 Å². The second kappa shape index (κ2) is 4.99. The van der Waals surface area contributed by atoms with Gasteiger partial charge in [0.1, 0.15) is 0 Å². The fraction of sp³-hybridized carbons (Fsp3) is 0.727. The fourth-order valence-electron chi connectivity index (χ4n) is 2.17. The van der Waals surface area contributed by atoms with E-state index < -0.39 is 10.0 Å². The van der Waals surface area contributed by atoms with Gasteiger partial charge in [-0.3, -0.25) is 5.10 Å². The van der Waals surface area contributed by atoms with Crippen molar-refractivity contribution in [3.05, 3.63) is 11.3 Å². The molecule has 7 heteroatoms. The molecule has 18 heavy (non-hydrogen) atoms. The highest BCUT2D eigenvalue weighted by Crippen LogP contribution is 2.28. The number of rotatable bonds is 5. The van der Waals surface area contributed by atoms with Gasteiger partial charge in [-0.1, -0.05) is 6.42 Å². The average molecular weight is 272 g/mol. The Morgan fingerprint density at radius 2 is 2.17 bits per heavy atom. The third-order valence-corrected chi connectivity index (χ3v) is 5.43. The number of hydrogen-bond acceptors (Lipinski definition) is 4. The summed E-state index contributed by atoms with van der Waals surface area (Å²) in [7, 11) is -1.91. The highest BCUT2D eigenvalue weighted by molar-refractivity contribution is 7.89. The van der Waals surface area contributed by atoms with Crippen molar-refractivity contribution in [2.75, 3.05) is 13.6 Å². The third-order valence-electron chi connectivity index (χ3n) is 3.63. The number of aromatic amines is 1. The Morgan fingerprint density at radius 3 is 2.67 bits per heavy atom. The summed E-state index contributed by atoms with van der Waals surface area (Å²) in [6.45, 7) is 2.52. The maximum absolute atomic E-state index is 12.4. The van der Waals surface area contributed by atoms with E-state index in [4.69, 9.17) is 5.73 Å². The first kappa shape index (κ1) is 13.5. The van der Waals surface area contributed by atoms with E-state index in [2.05, 4.69) is 10.2 Å². The van der Waals surface area contributed by atoms with Gasteiger partial charge < -0.3 is 5.73 Å². The highest BCUT2D eigenvalue weighted by Gasteiger charge is 2.30. The molecule has 1 aliphatic rings. The molecule has 1 saturated carbocycles. The predicted molar refractivity (Wildman–Crippen MR) is 68.4 cm³/mol. The molecule has 0 aromatic carbocycles. The molecule has 102 valence electrons. The maximum atomic E-state index is 12.4. The van der Waals surface area contributed by atoms with Crippen molar-refractivity contribution in [2.24, 2.45) is 11.7 Å². The van der Waals surface area contributed by atoms with Crippen molar-refractivity contribution in [3.63, 3.8) is 0 Å². The Bertz CT molecular complexity index is 519. The number of nitrogens with two attached hydrogens (primary N) is 1. The van der Waals surface area contributed by atoms with E-state index in [1.807, 2.05) is 0 Å². The van der Waals surface area contributed by atoms with Gasteiger partial charge in [0, 0.05) is 31.4 Å². The number of nitrogens with zero attached hydrogens (tertiary/aromatic N) is 2. The lowest BCUT2D eigenvalue weighted by Crippen LogP contribution is -2.35. The molecule has 1 fully saturated rings. The molecule has 1 aromatic rings. The van der Waals surface area contributed by atoms with Gasteiger partial charge in [0.25, 0.3) is 10.0 Å². The number of aromatic nitrogens is 2. The zero-order valence-corrected chi connectivity index (χ0v) is 11.6. The van der Waals surface area contributed by atoms with E-state index in [9.17, 15) is 8.42 Å². The van der Waals surface area contributed by atoms with E-state index in [1.165, 1.54) is 10.7 Å². The van der Waals surface area contributed by atoms with Crippen LogP contribution < -0.4 is 5.73 Å². The van der Waals surface area contributed by atoms with E-state index in [0.29, 0.717) is 23.7 Å². The monoisotopic (exact) mass is 272 g/mol. The first-order valence-electron chi connectivity index (χ1n) is 6.17. The standard InChI is InChI=1S/C11H20N4O2S/c1-8-10(6-12)11(14-13-8)18(16,17)15(2)7-9-4-3-5-9/h9H,3-7,12H2,1-2H3,(H,13,14). The minimum atomic E-state index is -3.52. The van der Waals surface area contributed by atoms with Crippen molar-refractivity contribution in [1.82, 2.24) is 14.5 Å². The molecule has 3 N–H and O–H groups in total. The van der Waals surface area contributed by atoms with Gasteiger partial charge in [0.05, 0.1) is 0 Å². The quantitative estimate of drug-likeness (QED) is 0.821. The van der Waals surface area contributed by atoms with Crippen LogP contribution in [0.25, 0.3) is 0 Å². The van der Waals surface area contributed by atoms with Gasteiger partial charge in [-0.25, -0.2) is 8.42 Å². The van der Waals surface area contributed by atoms with Crippen LogP contribution in [0.5, 0.6) is 0 Å². The fourth-order valence-corrected chi connectivity index (χ4v) is 3.58. The van der Waals surface area contributed by atoms with Crippen LogP contribution in [-0.4, -0.2) is 36.5 Å². The molecule has 0 bridgehead atoms. The van der Waals surface area contributed by atoms with Crippen molar-refractivity contribution < 1.29 is 8.42 Å². The molecule has 0 atom stereocenters. The van der Waals surface area contributed by atoms with Crippen LogP contribution in [0.2, 0.25) is 0 Å². The van der Waals surface area contributed by atoms with Crippen LogP contribution in [0.1, 0.15) is 30.5 Å². The zero-order chi connectivity index (χ0) is 13.3. The average Bonchev–Trinajstić information content (AvgIpc) is 2.64. The van der Waals surface area contributed by atoms with E-state index in [0.717, 1.165) is 12.8 Å². The topological polar surface area (TPSA) is 92.1 Å². The first-order chi connectivity index (χ1) is 8.46. The molecule has 2 rings (SSSR count). The molecular formula is C11H20N4O2S. The van der Waals surface area contributed by atoms with Crippen LogP contribution in [0.15, 0.2) is 5.03 Å². The normalized spacial score (nSPS) is 17.1. The van der Waals surface area contributed by atoms with E-state index >= 15 is 0 Å². The zero-order valence-electron chi connectivity index (χ0n) is 10.8. The summed E-state index contributed by atoms with van der Waals surface area (Å²) >= 11 is 0. The highest BCUT2D eigenvalue weighted by atomic mass is 32.2. The Kier molecular flexibility index (Phi) is 3.74.